The number of aliphatic hydroxyl groups excluding tert-OH is 1. The lowest BCUT2D eigenvalue weighted by molar-refractivity contribution is 0.207. The van der Waals surface area contributed by atoms with Crippen LogP contribution in [0.4, 0.5) is 0 Å². The first-order valence-electron chi connectivity index (χ1n) is 9.33. The molecule has 0 saturated carbocycles. The number of aliphatic hydroxyl groups is 1. The van der Waals surface area contributed by atoms with Crippen LogP contribution >= 0.6 is 11.3 Å². The van der Waals surface area contributed by atoms with E-state index in [1.807, 2.05) is 22.9 Å². The third-order valence-corrected chi connectivity index (χ3v) is 5.88. The van der Waals surface area contributed by atoms with E-state index in [-0.39, 0.29) is 24.1 Å². The normalized spacial score (nSPS) is 23.2. The van der Waals surface area contributed by atoms with E-state index in [2.05, 4.69) is 30.0 Å². The summed E-state index contributed by atoms with van der Waals surface area (Å²) in [5, 5.41) is 41.0. The molecule has 2 unspecified atom stereocenters. The van der Waals surface area contributed by atoms with Gasteiger partial charge in [0.2, 0.25) is 0 Å². The van der Waals surface area contributed by atoms with E-state index < -0.39 is 5.41 Å². The number of hydrogen-bond acceptors (Lipinski definition) is 7. The lowest BCUT2D eigenvalue weighted by Crippen LogP contribution is -2.48. The molecule has 7 heteroatoms. The van der Waals surface area contributed by atoms with Gasteiger partial charge in [-0.3, -0.25) is 4.90 Å². The Balaban J connectivity index is 0.000000878. The van der Waals surface area contributed by atoms with Gasteiger partial charge in [0, 0.05) is 31.5 Å². The molecule has 3 rings (SSSR count). The second-order valence-corrected chi connectivity index (χ2v) is 7.59. The fourth-order valence-corrected chi connectivity index (χ4v) is 4.76. The number of rotatable bonds is 3. The van der Waals surface area contributed by atoms with Crippen molar-refractivity contribution in [3.05, 3.63) is 45.3 Å². The first-order valence-corrected chi connectivity index (χ1v) is 10.3. The molecule has 28 heavy (non-hydrogen) atoms. The SMILES string of the molecule is CCCN1CC=C2C(C#N)=C(N)C(C#N)(C#N)C(c3ccsc3)C2C1.CCO. The molecule has 1 aliphatic heterocycles. The maximum absolute atomic E-state index is 9.93. The van der Waals surface area contributed by atoms with Crippen molar-refractivity contribution in [1.82, 2.24) is 4.90 Å². The molecule has 6 nitrogen and oxygen atoms in total. The Bertz CT molecular complexity index is 852. The van der Waals surface area contributed by atoms with Gasteiger partial charge >= 0.3 is 0 Å². The summed E-state index contributed by atoms with van der Waals surface area (Å²) in [5.41, 5.74) is 6.99. The second kappa shape index (κ2) is 9.53. The highest BCUT2D eigenvalue weighted by Gasteiger charge is 2.54. The summed E-state index contributed by atoms with van der Waals surface area (Å²) in [6, 6.07) is 8.44. The average Bonchev–Trinajstić information content (AvgIpc) is 3.22. The third-order valence-electron chi connectivity index (χ3n) is 5.18. The molecule has 0 bridgehead atoms. The van der Waals surface area contributed by atoms with Crippen LogP contribution in [0.25, 0.3) is 0 Å². The Morgan fingerprint density at radius 1 is 1.32 bits per heavy atom. The van der Waals surface area contributed by atoms with E-state index in [1.54, 1.807) is 6.92 Å². The van der Waals surface area contributed by atoms with Gasteiger partial charge in [-0.2, -0.15) is 27.1 Å². The molecule has 2 heterocycles. The van der Waals surface area contributed by atoms with Crippen molar-refractivity contribution in [3.63, 3.8) is 0 Å². The van der Waals surface area contributed by atoms with Gasteiger partial charge in [0.15, 0.2) is 5.41 Å². The Kier molecular flexibility index (Phi) is 7.38. The predicted molar refractivity (Wildman–Crippen MR) is 109 cm³/mol. The highest BCUT2D eigenvalue weighted by atomic mass is 32.1. The van der Waals surface area contributed by atoms with Gasteiger partial charge in [0.25, 0.3) is 0 Å². The quantitative estimate of drug-likeness (QED) is 0.812. The summed E-state index contributed by atoms with van der Waals surface area (Å²) in [6.07, 6.45) is 3.08. The lowest BCUT2D eigenvalue weighted by Gasteiger charge is -2.45. The monoisotopic (exact) mass is 395 g/mol. The molecule has 1 aromatic heterocycles. The van der Waals surface area contributed by atoms with Gasteiger partial charge in [0.1, 0.15) is 6.07 Å². The van der Waals surface area contributed by atoms with Crippen LogP contribution in [0.15, 0.2) is 39.7 Å². The molecular formula is C21H25N5OS. The second-order valence-electron chi connectivity index (χ2n) is 6.81. The summed E-state index contributed by atoms with van der Waals surface area (Å²) in [5.74, 6) is -0.451. The Morgan fingerprint density at radius 3 is 2.50 bits per heavy atom. The Hall–Kier alpha value is -2.63. The van der Waals surface area contributed by atoms with Crippen LogP contribution in [0.5, 0.6) is 0 Å². The molecule has 0 aromatic carbocycles. The number of nitriles is 3. The molecule has 3 N–H and O–H groups in total. The smallest absolute Gasteiger partial charge is 0.191 e. The molecule has 2 atom stereocenters. The van der Waals surface area contributed by atoms with Crippen LogP contribution in [-0.2, 0) is 0 Å². The van der Waals surface area contributed by atoms with Crippen molar-refractivity contribution in [1.29, 1.82) is 15.8 Å². The number of thiophene rings is 1. The number of allylic oxidation sites excluding steroid dienone is 2. The maximum atomic E-state index is 9.93. The topological polar surface area (TPSA) is 121 Å². The number of hydrogen-bond donors (Lipinski definition) is 2. The van der Waals surface area contributed by atoms with Crippen molar-refractivity contribution in [3.8, 4) is 18.2 Å². The van der Waals surface area contributed by atoms with Gasteiger partial charge in [-0.15, -0.1) is 0 Å². The van der Waals surface area contributed by atoms with Crippen molar-refractivity contribution in [2.75, 3.05) is 26.2 Å². The van der Waals surface area contributed by atoms with E-state index in [4.69, 9.17) is 10.8 Å². The first-order chi connectivity index (χ1) is 13.5. The molecule has 2 aliphatic rings. The Labute approximate surface area is 170 Å². The molecule has 1 aromatic rings. The maximum Gasteiger partial charge on any atom is 0.191 e. The molecule has 0 fully saturated rings. The van der Waals surface area contributed by atoms with Crippen LogP contribution in [0.2, 0.25) is 0 Å². The van der Waals surface area contributed by atoms with E-state index in [1.165, 1.54) is 11.3 Å². The minimum atomic E-state index is -1.51. The van der Waals surface area contributed by atoms with Crippen molar-refractivity contribution < 1.29 is 5.11 Å². The lowest BCUT2D eigenvalue weighted by atomic mass is 9.58. The predicted octanol–water partition coefficient (Wildman–Crippen LogP) is 2.88. The van der Waals surface area contributed by atoms with E-state index >= 15 is 0 Å². The van der Waals surface area contributed by atoms with Crippen LogP contribution in [0.3, 0.4) is 0 Å². The van der Waals surface area contributed by atoms with Crippen molar-refractivity contribution >= 4 is 11.3 Å². The fourth-order valence-electron chi connectivity index (χ4n) is 4.07. The highest BCUT2D eigenvalue weighted by Crippen LogP contribution is 2.54. The van der Waals surface area contributed by atoms with Crippen LogP contribution in [0, 0.1) is 45.3 Å². The largest absolute Gasteiger partial charge is 0.399 e. The number of nitrogens with zero attached hydrogens (tertiary/aromatic N) is 4. The van der Waals surface area contributed by atoms with Crippen molar-refractivity contribution in [2.24, 2.45) is 17.1 Å². The molecule has 146 valence electrons. The zero-order valence-electron chi connectivity index (χ0n) is 16.2. The number of nitrogens with two attached hydrogens (primary N) is 1. The van der Waals surface area contributed by atoms with Gasteiger partial charge in [-0.05, 0) is 47.9 Å². The fraction of sp³-hybridized carbons (Fsp3) is 0.476. The van der Waals surface area contributed by atoms with Gasteiger partial charge in [-0.25, -0.2) is 0 Å². The molecular weight excluding hydrogens is 370 g/mol. The summed E-state index contributed by atoms with van der Waals surface area (Å²) in [4.78, 5) is 2.31. The molecule has 1 aliphatic carbocycles. The minimum absolute atomic E-state index is 0.0869. The molecule has 0 amide bonds. The third kappa shape index (κ3) is 3.68. The zero-order chi connectivity index (χ0) is 20.7. The van der Waals surface area contributed by atoms with E-state index in [9.17, 15) is 15.8 Å². The highest BCUT2D eigenvalue weighted by molar-refractivity contribution is 7.08. The molecule has 0 radical (unpaired) electrons. The minimum Gasteiger partial charge on any atom is -0.399 e. The molecule has 0 spiro atoms. The van der Waals surface area contributed by atoms with Crippen molar-refractivity contribution in [2.45, 2.75) is 26.2 Å². The van der Waals surface area contributed by atoms with Gasteiger partial charge < -0.3 is 10.8 Å². The number of fused-ring (bicyclic) bond motifs is 1. The van der Waals surface area contributed by atoms with E-state index in [0.29, 0.717) is 5.57 Å². The first kappa shape index (κ1) is 21.7. The van der Waals surface area contributed by atoms with E-state index in [0.717, 1.165) is 37.2 Å². The zero-order valence-corrected chi connectivity index (χ0v) is 17.0. The van der Waals surface area contributed by atoms with Crippen LogP contribution in [-0.4, -0.2) is 36.2 Å². The summed E-state index contributed by atoms with van der Waals surface area (Å²) >= 11 is 1.54. The Morgan fingerprint density at radius 2 is 2.00 bits per heavy atom. The summed E-state index contributed by atoms with van der Waals surface area (Å²) < 4.78 is 0. The average molecular weight is 396 g/mol. The van der Waals surface area contributed by atoms with Gasteiger partial charge in [0.05, 0.1) is 23.4 Å². The molecule has 0 saturated heterocycles. The van der Waals surface area contributed by atoms with Crippen LogP contribution < -0.4 is 5.73 Å². The van der Waals surface area contributed by atoms with Crippen LogP contribution in [0.1, 0.15) is 31.7 Å². The standard InChI is InChI=1S/C19H19N5S.C2H6O/c1-2-5-24-6-3-14-15(8-20)18(23)19(11-21,12-22)17(16(14)9-24)13-4-7-25-10-13;1-2-3/h3-4,7,10,16-17H,2,5-6,9,23H2,1H3;3H,2H2,1H3. The summed E-state index contributed by atoms with van der Waals surface area (Å²) in [7, 11) is 0. The summed E-state index contributed by atoms with van der Waals surface area (Å²) in [6.45, 7) is 6.50. The van der Waals surface area contributed by atoms with Gasteiger partial charge in [-0.1, -0.05) is 13.0 Å².